The standard InChI is InChI=1S/C16H16N2O2/c1-12-6-4-7-15(18-11-5-10-17-18)14(12)9-8-13(2)16(19)20-3/h4-11H,2H2,1,3H3/b9-8-. The maximum absolute atomic E-state index is 11.3. The number of hydrogen-bond donors (Lipinski definition) is 0. The molecule has 102 valence electrons. The van der Waals surface area contributed by atoms with Crippen LogP contribution >= 0.6 is 0 Å². The van der Waals surface area contributed by atoms with Gasteiger partial charge in [0.05, 0.1) is 18.4 Å². The lowest BCUT2D eigenvalue weighted by molar-refractivity contribution is -0.135. The fourth-order valence-electron chi connectivity index (χ4n) is 1.88. The number of hydrogen-bond acceptors (Lipinski definition) is 3. The third kappa shape index (κ3) is 2.85. The zero-order chi connectivity index (χ0) is 14.5. The number of nitrogens with zero attached hydrogens (tertiary/aromatic N) is 2. The summed E-state index contributed by atoms with van der Waals surface area (Å²) in [5.74, 6) is -0.435. The number of aryl methyl sites for hydroxylation is 1. The van der Waals surface area contributed by atoms with Gasteiger partial charge in [0.25, 0.3) is 0 Å². The van der Waals surface area contributed by atoms with Gasteiger partial charge >= 0.3 is 5.97 Å². The number of ether oxygens (including phenoxy) is 1. The van der Waals surface area contributed by atoms with Gasteiger partial charge < -0.3 is 4.74 Å². The van der Waals surface area contributed by atoms with Gasteiger partial charge in [-0.2, -0.15) is 5.10 Å². The summed E-state index contributed by atoms with van der Waals surface area (Å²) in [7, 11) is 1.34. The minimum Gasteiger partial charge on any atom is -0.465 e. The summed E-state index contributed by atoms with van der Waals surface area (Å²) in [6.07, 6.45) is 7.11. The first-order valence-corrected chi connectivity index (χ1v) is 6.18. The fourth-order valence-corrected chi connectivity index (χ4v) is 1.88. The van der Waals surface area contributed by atoms with E-state index in [9.17, 15) is 4.79 Å². The summed E-state index contributed by atoms with van der Waals surface area (Å²) in [5, 5.41) is 4.24. The first-order valence-electron chi connectivity index (χ1n) is 6.18. The van der Waals surface area contributed by atoms with Crippen molar-refractivity contribution in [3.8, 4) is 5.69 Å². The van der Waals surface area contributed by atoms with Crippen molar-refractivity contribution in [2.45, 2.75) is 6.92 Å². The molecule has 0 fully saturated rings. The van der Waals surface area contributed by atoms with E-state index in [1.807, 2.05) is 43.5 Å². The summed E-state index contributed by atoms with van der Waals surface area (Å²) in [4.78, 5) is 11.3. The van der Waals surface area contributed by atoms with Gasteiger partial charge in [0, 0.05) is 18.0 Å². The molecule has 0 amide bonds. The van der Waals surface area contributed by atoms with E-state index in [1.165, 1.54) is 7.11 Å². The summed E-state index contributed by atoms with van der Waals surface area (Å²) in [6.45, 7) is 5.69. The van der Waals surface area contributed by atoms with Crippen LogP contribution in [-0.2, 0) is 9.53 Å². The molecule has 0 atom stereocenters. The lowest BCUT2D eigenvalue weighted by atomic mass is 10.0. The molecule has 0 saturated carbocycles. The Morgan fingerprint density at radius 2 is 2.20 bits per heavy atom. The summed E-state index contributed by atoms with van der Waals surface area (Å²) in [5.41, 5.74) is 3.33. The molecular weight excluding hydrogens is 252 g/mol. The van der Waals surface area contributed by atoms with Gasteiger partial charge in [0.15, 0.2) is 0 Å². The van der Waals surface area contributed by atoms with E-state index in [1.54, 1.807) is 17.0 Å². The Hall–Kier alpha value is -2.62. The van der Waals surface area contributed by atoms with Gasteiger partial charge in [-0.15, -0.1) is 0 Å². The average molecular weight is 268 g/mol. The summed E-state index contributed by atoms with van der Waals surface area (Å²) >= 11 is 0. The smallest absolute Gasteiger partial charge is 0.337 e. The van der Waals surface area contributed by atoms with E-state index < -0.39 is 5.97 Å². The van der Waals surface area contributed by atoms with Crippen LogP contribution in [0, 0.1) is 6.92 Å². The maximum atomic E-state index is 11.3. The number of esters is 1. The minimum absolute atomic E-state index is 0.308. The highest BCUT2D eigenvalue weighted by Gasteiger charge is 2.06. The molecule has 4 heteroatoms. The molecule has 4 nitrogen and oxygen atoms in total. The average Bonchev–Trinajstić information content (AvgIpc) is 2.98. The molecule has 2 rings (SSSR count). The first-order chi connectivity index (χ1) is 9.63. The van der Waals surface area contributed by atoms with Crippen LogP contribution in [0.1, 0.15) is 11.1 Å². The quantitative estimate of drug-likeness (QED) is 0.486. The predicted octanol–water partition coefficient (Wildman–Crippen LogP) is 2.92. The van der Waals surface area contributed by atoms with Crippen molar-refractivity contribution < 1.29 is 9.53 Å². The van der Waals surface area contributed by atoms with E-state index in [4.69, 9.17) is 0 Å². The van der Waals surface area contributed by atoms with Gasteiger partial charge in [-0.25, -0.2) is 9.48 Å². The van der Waals surface area contributed by atoms with Gasteiger partial charge in [0.2, 0.25) is 0 Å². The van der Waals surface area contributed by atoms with Crippen LogP contribution in [0.4, 0.5) is 0 Å². The lowest BCUT2D eigenvalue weighted by Crippen LogP contribution is -2.02. The Balaban J connectivity index is 2.39. The van der Waals surface area contributed by atoms with Gasteiger partial charge in [-0.05, 0) is 30.7 Å². The third-order valence-electron chi connectivity index (χ3n) is 2.95. The second kappa shape index (κ2) is 6.02. The van der Waals surface area contributed by atoms with Crippen LogP contribution < -0.4 is 0 Å². The first kappa shape index (κ1) is 13.8. The van der Waals surface area contributed by atoms with Crippen LogP contribution in [0.3, 0.4) is 0 Å². The van der Waals surface area contributed by atoms with E-state index in [-0.39, 0.29) is 0 Å². The van der Waals surface area contributed by atoms with Crippen LogP contribution in [0.5, 0.6) is 0 Å². The Bertz CT molecular complexity index is 655. The van der Waals surface area contributed by atoms with Crippen molar-refractivity contribution in [2.75, 3.05) is 7.11 Å². The van der Waals surface area contributed by atoms with Crippen molar-refractivity contribution in [1.82, 2.24) is 9.78 Å². The largest absolute Gasteiger partial charge is 0.465 e. The minimum atomic E-state index is -0.435. The zero-order valence-electron chi connectivity index (χ0n) is 11.5. The normalized spacial score (nSPS) is 10.7. The third-order valence-corrected chi connectivity index (χ3v) is 2.95. The van der Waals surface area contributed by atoms with E-state index in [0.29, 0.717) is 5.57 Å². The molecule has 0 saturated heterocycles. The van der Waals surface area contributed by atoms with Crippen LogP contribution in [0.15, 0.2) is 54.9 Å². The molecule has 0 aliphatic rings. The predicted molar refractivity (Wildman–Crippen MR) is 78.5 cm³/mol. The number of rotatable bonds is 4. The monoisotopic (exact) mass is 268 g/mol. The summed E-state index contributed by atoms with van der Waals surface area (Å²) in [6, 6.07) is 7.82. The van der Waals surface area contributed by atoms with E-state index >= 15 is 0 Å². The maximum Gasteiger partial charge on any atom is 0.337 e. The second-order valence-electron chi connectivity index (χ2n) is 4.31. The molecule has 0 unspecified atom stereocenters. The van der Waals surface area contributed by atoms with Crippen molar-refractivity contribution in [1.29, 1.82) is 0 Å². The molecule has 0 bridgehead atoms. The molecule has 0 N–H and O–H groups in total. The van der Waals surface area contributed by atoms with Crippen LogP contribution in [-0.4, -0.2) is 22.9 Å². The Labute approximate surface area is 118 Å². The fraction of sp³-hybridized carbons (Fsp3) is 0.125. The van der Waals surface area contributed by atoms with Crippen molar-refractivity contribution in [3.63, 3.8) is 0 Å². The number of benzene rings is 1. The second-order valence-corrected chi connectivity index (χ2v) is 4.31. The van der Waals surface area contributed by atoms with Crippen molar-refractivity contribution >= 4 is 12.0 Å². The van der Waals surface area contributed by atoms with E-state index in [2.05, 4.69) is 16.4 Å². The Morgan fingerprint density at radius 3 is 2.85 bits per heavy atom. The SMILES string of the molecule is C=C(/C=C\c1c(C)cccc1-n1cccn1)C(=O)OC. The number of carbonyl (C=O) groups is 1. The van der Waals surface area contributed by atoms with Crippen LogP contribution in [0.25, 0.3) is 11.8 Å². The van der Waals surface area contributed by atoms with Crippen LogP contribution in [0.2, 0.25) is 0 Å². The Morgan fingerprint density at radius 1 is 1.40 bits per heavy atom. The molecule has 20 heavy (non-hydrogen) atoms. The highest BCUT2D eigenvalue weighted by Crippen LogP contribution is 2.20. The van der Waals surface area contributed by atoms with Crippen molar-refractivity contribution in [3.05, 3.63) is 66.0 Å². The zero-order valence-corrected chi connectivity index (χ0v) is 11.5. The molecule has 1 heterocycles. The van der Waals surface area contributed by atoms with Gasteiger partial charge in [-0.3, -0.25) is 0 Å². The molecule has 0 radical (unpaired) electrons. The lowest BCUT2D eigenvalue weighted by Gasteiger charge is -2.09. The van der Waals surface area contributed by atoms with Gasteiger partial charge in [0.1, 0.15) is 0 Å². The molecular formula is C16H16N2O2. The molecule has 2 aromatic rings. The topological polar surface area (TPSA) is 44.1 Å². The molecule has 0 aliphatic heterocycles. The molecule has 0 aliphatic carbocycles. The Kier molecular flexibility index (Phi) is 4.15. The highest BCUT2D eigenvalue weighted by atomic mass is 16.5. The molecule has 1 aromatic carbocycles. The van der Waals surface area contributed by atoms with Gasteiger partial charge in [-0.1, -0.05) is 24.8 Å². The molecule has 1 aromatic heterocycles. The number of methoxy groups -OCH3 is 1. The molecule has 0 spiro atoms. The number of carbonyl (C=O) groups excluding carboxylic acids is 1. The highest BCUT2D eigenvalue weighted by molar-refractivity contribution is 5.92. The summed E-state index contributed by atoms with van der Waals surface area (Å²) < 4.78 is 6.41. The number of aromatic nitrogens is 2. The van der Waals surface area contributed by atoms with E-state index in [0.717, 1.165) is 16.8 Å². The van der Waals surface area contributed by atoms with Crippen molar-refractivity contribution in [2.24, 2.45) is 0 Å².